The first-order chi connectivity index (χ1) is 9.20. The molecule has 0 aliphatic rings. The molecule has 0 saturated heterocycles. The second-order valence-corrected chi connectivity index (χ2v) is 5.25. The third-order valence-electron chi connectivity index (χ3n) is 3.00. The number of rotatable bonds is 5. The van der Waals surface area contributed by atoms with Crippen molar-refractivity contribution in [2.45, 2.75) is 19.4 Å². The van der Waals surface area contributed by atoms with Crippen molar-refractivity contribution in [2.75, 3.05) is 6.54 Å². The quantitative estimate of drug-likeness (QED) is 0.903. The van der Waals surface area contributed by atoms with Crippen LogP contribution in [0.1, 0.15) is 24.1 Å². The lowest BCUT2D eigenvalue weighted by atomic mass is 9.99. The number of nitrogens with zero attached hydrogens (tertiary/aromatic N) is 1. The van der Waals surface area contributed by atoms with Gasteiger partial charge in [0.25, 0.3) is 0 Å². The van der Waals surface area contributed by atoms with E-state index in [1.807, 2.05) is 31.2 Å². The van der Waals surface area contributed by atoms with Gasteiger partial charge >= 0.3 is 0 Å². The molecule has 1 atom stereocenters. The molecular formula is C15H16BrFN2. The fourth-order valence-electron chi connectivity index (χ4n) is 2.06. The molecule has 1 N–H and O–H groups in total. The van der Waals surface area contributed by atoms with Gasteiger partial charge in [0, 0.05) is 22.9 Å². The normalized spacial score (nSPS) is 12.4. The van der Waals surface area contributed by atoms with Crippen LogP contribution in [0.5, 0.6) is 0 Å². The highest BCUT2D eigenvalue weighted by Crippen LogP contribution is 2.22. The summed E-state index contributed by atoms with van der Waals surface area (Å²) in [5.41, 5.74) is 1.84. The van der Waals surface area contributed by atoms with Crippen LogP contribution >= 0.6 is 15.9 Å². The first-order valence-corrected chi connectivity index (χ1v) is 7.07. The van der Waals surface area contributed by atoms with E-state index < -0.39 is 0 Å². The first kappa shape index (κ1) is 14.2. The fraction of sp³-hybridized carbons (Fsp3) is 0.267. The largest absolute Gasteiger partial charge is 0.310 e. The molecule has 4 heteroatoms. The average Bonchev–Trinajstić information content (AvgIpc) is 2.42. The minimum atomic E-state index is -0.175. The van der Waals surface area contributed by atoms with Crippen LogP contribution in [0.2, 0.25) is 0 Å². The second-order valence-electron chi connectivity index (χ2n) is 4.33. The van der Waals surface area contributed by atoms with Gasteiger partial charge in [0.05, 0.1) is 0 Å². The molecule has 2 nitrogen and oxygen atoms in total. The Kier molecular flexibility index (Phi) is 5.05. The highest BCUT2D eigenvalue weighted by atomic mass is 79.9. The molecule has 1 unspecified atom stereocenters. The van der Waals surface area contributed by atoms with Gasteiger partial charge in [-0.1, -0.05) is 28.9 Å². The fourth-order valence-corrected chi connectivity index (χ4v) is 2.39. The maximum absolute atomic E-state index is 13.9. The summed E-state index contributed by atoms with van der Waals surface area (Å²) in [6.07, 6.45) is 4.15. The van der Waals surface area contributed by atoms with Gasteiger partial charge in [0.2, 0.25) is 0 Å². The molecule has 0 aliphatic carbocycles. The lowest BCUT2D eigenvalue weighted by molar-refractivity contribution is 0.527. The highest BCUT2D eigenvalue weighted by molar-refractivity contribution is 9.10. The predicted molar refractivity (Wildman–Crippen MR) is 78.5 cm³/mol. The van der Waals surface area contributed by atoms with E-state index >= 15 is 0 Å². The van der Waals surface area contributed by atoms with Gasteiger partial charge in [-0.3, -0.25) is 4.98 Å². The summed E-state index contributed by atoms with van der Waals surface area (Å²) in [6, 6.07) is 9.22. The first-order valence-electron chi connectivity index (χ1n) is 6.28. The van der Waals surface area contributed by atoms with Crippen molar-refractivity contribution in [2.24, 2.45) is 0 Å². The smallest absolute Gasteiger partial charge is 0.127 e. The van der Waals surface area contributed by atoms with Crippen LogP contribution < -0.4 is 5.32 Å². The van der Waals surface area contributed by atoms with Gasteiger partial charge < -0.3 is 5.32 Å². The summed E-state index contributed by atoms with van der Waals surface area (Å²) < 4.78 is 14.7. The third-order valence-corrected chi connectivity index (χ3v) is 3.49. The Morgan fingerprint density at radius 3 is 2.63 bits per heavy atom. The number of benzene rings is 1. The maximum atomic E-state index is 13.9. The zero-order chi connectivity index (χ0) is 13.7. The maximum Gasteiger partial charge on any atom is 0.127 e. The Balaban J connectivity index is 2.21. The van der Waals surface area contributed by atoms with Crippen molar-refractivity contribution in [3.05, 3.63) is 64.1 Å². The lowest BCUT2D eigenvalue weighted by Crippen LogP contribution is -2.23. The van der Waals surface area contributed by atoms with Crippen molar-refractivity contribution >= 4 is 15.9 Å². The topological polar surface area (TPSA) is 24.9 Å². The molecule has 0 amide bonds. The van der Waals surface area contributed by atoms with Crippen molar-refractivity contribution in [3.8, 4) is 0 Å². The molecule has 2 rings (SSSR count). The van der Waals surface area contributed by atoms with E-state index in [9.17, 15) is 4.39 Å². The second kappa shape index (κ2) is 6.78. The number of nitrogens with one attached hydrogen (secondary N) is 1. The minimum Gasteiger partial charge on any atom is -0.310 e. The van der Waals surface area contributed by atoms with Crippen LogP contribution in [-0.2, 0) is 6.42 Å². The molecule has 2 aromatic rings. The SMILES string of the molecule is CCNC(Cc1ccc(Br)cc1F)c1ccncc1. The van der Waals surface area contributed by atoms with Crippen molar-refractivity contribution in [3.63, 3.8) is 0 Å². The van der Waals surface area contributed by atoms with E-state index in [2.05, 4.69) is 26.2 Å². The molecule has 0 bridgehead atoms. The summed E-state index contributed by atoms with van der Waals surface area (Å²) in [7, 11) is 0. The van der Waals surface area contributed by atoms with Gasteiger partial charge in [-0.2, -0.15) is 0 Å². The van der Waals surface area contributed by atoms with Crippen LogP contribution in [0.4, 0.5) is 4.39 Å². The Hall–Kier alpha value is -1.26. The van der Waals surface area contributed by atoms with Crippen LogP contribution in [0.3, 0.4) is 0 Å². The van der Waals surface area contributed by atoms with Crippen molar-refractivity contribution in [1.82, 2.24) is 10.3 Å². The van der Waals surface area contributed by atoms with Gasteiger partial charge in [-0.25, -0.2) is 4.39 Å². The number of aromatic nitrogens is 1. The molecule has 0 aliphatic heterocycles. The highest BCUT2D eigenvalue weighted by Gasteiger charge is 2.13. The lowest BCUT2D eigenvalue weighted by Gasteiger charge is -2.18. The van der Waals surface area contributed by atoms with E-state index in [-0.39, 0.29) is 11.9 Å². The summed E-state index contributed by atoms with van der Waals surface area (Å²) in [4.78, 5) is 4.02. The molecule has 0 saturated carbocycles. The van der Waals surface area contributed by atoms with E-state index in [0.29, 0.717) is 12.0 Å². The van der Waals surface area contributed by atoms with Crippen LogP contribution in [-0.4, -0.2) is 11.5 Å². The molecule has 100 valence electrons. The summed E-state index contributed by atoms with van der Waals surface area (Å²) >= 11 is 3.27. The van der Waals surface area contributed by atoms with E-state index in [0.717, 1.165) is 16.6 Å². The minimum absolute atomic E-state index is 0.101. The number of hydrogen-bond acceptors (Lipinski definition) is 2. The Morgan fingerprint density at radius 2 is 2.00 bits per heavy atom. The molecule has 1 heterocycles. The molecule has 19 heavy (non-hydrogen) atoms. The molecular weight excluding hydrogens is 307 g/mol. The standard InChI is InChI=1S/C15H16BrFN2/c1-2-19-15(11-5-7-18-8-6-11)9-12-3-4-13(16)10-14(12)17/h3-8,10,15,19H,2,9H2,1H3. The predicted octanol–water partition coefficient (Wildman–Crippen LogP) is 3.88. The third kappa shape index (κ3) is 3.85. The zero-order valence-corrected chi connectivity index (χ0v) is 12.3. The molecule has 0 radical (unpaired) electrons. The Morgan fingerprint density at radius 1 is 1.26 bits per heavy atom. The Bertz CT molecular complexity index is 531. The number of likely N-dealkylation sites (N-methyl/N-ethyl adjacent to an activating group) is 1. The van der Waals surface area contributed by atoms with Gasteiger partial charge in [0.15, 0.2) is 0 Å². The van der Waals surface area contributed by atoms with Gasteiger partial charge in [-0.15, -0.1) is 0 Å². The summed E-state index contributed by atoms with van der Waals surface area (Å²) in [5, 5.41) is 3.38. The van der Waals surface area contributed by atoms with Gasteiger partial charge in [0.1, 0.15) is 5.82 Å². The average molecular weight is 323 g/mol. The number of hydrogen-bond donors (Lipinski definition) is 1. The van der Waals surface area contributed by atoms with Crippen molar-refractivity contribution < 1.29 is 4.39 Å². The van der Waals surface area contributed by atoms with E-state index in [1.54, 1.807) is 12.4 Å². The molecule has 0 fully saturated rings. The summed E-state index contributed by atoms with van der Waals surface area (Å²) in [5.74, 6) is -0.175. The van der Waals surface area contributed by atoms with Crippen LogP contribution in [0.15, 0.2) is 47.2 Å². The Labute approximate surface area is 121 Å². The molecule has 1 aromatic carbocycles. The summed E-state index contributed by atoms with van der Waals surface area (Å²) in [6.45, 7) is 2.89. The van der Waals surface area contributed by atoms with Crippen LogP contribution in [0, 0.1) is 5.82 Å². The van der Waals surface area contributed by atoms with E-state index in [4.69, 9.17) is 0 Å². The zero-order valence-electron chi connectivity index (χ0n) is 10.7. The van der Waals surface area contributed by atoms with Crippen molar-refractivity contribution in [1.29, 1.82) is 0 Å². The van der Waals surface area contributed by atoms with Gasteiger partial charge in [-0.05, 0) is 48.4 Å². The monoisotopic (exact) mass is 322 g/mol. The molecule has 1 aromatic heterocycles. The van der Waals surface area contributed by atoms with E-state index in [1.165, 1.54) is 6.07 Å². The number of pyridine rings is 1. The number of halogens is 2. The van der Waals surface area contributed by atoms with Crippen LogP contribution in [0.25, 0.3) is 0 Å². The molecule has 0 spiro atoms.